The fourth-order valence-electron chi connectivity index (χ4n) is 2.26. The van der Waals surface area contributed by atoms with Gasteiger partial charge in [-0.05, 0) is 36.8 Å². The lowest BCUT2D eigenvalue weighted by molar-refractivity contribution is 0.277. The number of aliphatic hydroxyl groups is 1. The Labute approximate surface area is 121 Å². The molecule has 1 aliphatic carbocycles. The molecule has 0 radical (unpaired) electrons. The molecule has 0 unspecified atom stereocenters. The van der Waals surface area contributed by atoms with E-state index in [1.54, 1.807) is 28.6 Å². The summed E-state index contributed by atoms with van der Waals surface area (Å²) in [6.07, 6.45) is 2.74. The van der Waals surface area contributed by atoms with Crippen LogP contribution in [-0.2, 0) is 16.6 Å². The Kier molecular flexibility index (Phi) is 4.83. The second-order valence-electron chi connectivity index (χ2n) is 5.80. The van der Waals surface area contributed by atoms with Crippen LogP contribution >= 0.6 is 0 Å². The number of aliphatic hydroxyl groups excluding tert-OH is 1. The molecule has 1 aromatic rings. The van der Waals surface area contributed by atoms with Gasteiger partial charge in [-0.1, -0.05) is 32.0 Å². The first kappa shape index (κ1) is 15.5. The van der Waals surface area contributed by atoms with E-state index in [1.807, 2.05) is 0 Å². The smallest absolute Gasteiger partial charge is 0.243 e. The van der Waals surface area contributed by atoms with Crippen LogP contribution in [0, 0.1) is 5.92 Å². The number of benzene rings is 1. The van der Waals surface area contributed by atoms with Gasteiger partial charge in [0.05, 0.1) is 11.5 Å². The van der Waals surface area contributed by atoms with Crippen LogP contribution in [0.5, 0.6) is 0 Å². The molecule has 1 aliphatic rings. The van der Waals surface area contributed by atoms with Gasteiger partial charge in [0, 0.05) is 12.6 Å². The summed E-state index contributed by atoms with van der Waals surface area (Å²) in [5, 5.41) is 9.35. The first-order valence-electron chi connectivity index (χ1n) is 7.17. The van der Waals surface area contributed by atoms with Crippen LogP contribution in [0.3, 0.4) is 0 Å². The van der Waals surface area contributed by atoms with Crippen molar-refractivity contribution in [2.45, 2.75) is 50.7 Å². The second kappa shape index (κ2) is 6.24. The Morgan fingerprint density at radius 1 is 1.30 bits per heavy atom. The van der Waals surface area contributed by atoms with Crippen molar-refractivity contribution in [2.75, 3.05) is 6.54 Å². The van der Waals surface area contributed by atoms with Crippen LogP contribution < -0.4 is 0 Å². The molecule has 0 spiro atoms. The molecule has 0 saturated heterocycles. The molecule has 1 aromatic carbocycles. The molecule has 0 atom stereocenters. The predicted octanol–water partition coefficient (Wildman–Crippen LogP) is 2.38. The summed E-state index contributed by atoms with van der Waals surface area (Å²) in [4.78, 5) is 0.248. The molecule has 0 heterocycles. The normalized spacial score (nSPS) is 16.1. The van der Waals surface area contributed by atoms with Crippen molar-refractivity contribution in [3.8, 4) is 0 Å². The van der Waals surface area contributed by atoms with E-state index in [2.05, 4.69) is 13.8 Å². The molecule has 5 heteroatoms. The van der Waals surface area contributed by atoms with Crippen LogP contribution in [0.2, 0.25) is 0 Å². The summed E-state index contributed by atoms with van der Waals surface area (Å²) >= 11 is 0. The molecule has 0 amide bonds. The monoisotopic (exact) mass is 297 g/mol. The van der Waals surface area contributed by atoms with Crippen molar-refractivity contribution in [3.63, 3.8) is 0 Å². The lowest BCUT2D eigenvalue weighted by Crippen LogP contribution is -2.35. The fourth-order valence-corrected chi connectivity index (χ4v) is 4.18. The van der Waals surface area contributed by atoms with Crippen molar-refractivity contribution >= 4 is 10.0 Å². The highest BCUT2D eigenvalue weighted by Crippen LogP contribution is 2.33. The zero-order chi connectivity index (χ0) is 14.8. The van der Waals surface area contributed by atoms with E-state index in [-0.39, 0.29) is 17.5 Å². The maximum atomic E-state index is 12.8. The molecule has 20 heavy (non-hydrogen) atoms. The molecule has 1 N–H and O–H groups in total. The van der Waals surface area contributed by atoms with Gasteiger partial charge in [-0.15, -0.1) is 0 Å². The zero-order valence-electron chi connectivity index (χ0n) is 12.1. The number of rotatable bonds is 7. The van der Waals surface area contributed by atoms with Crippen molar-refractivity contribution in [2.24, 2.45) is 5.92 Å². The van der Waals surface area contributed by atoms with Gasteiger partial charge in [-0.3, -0.25) is 0 Å². The van der Waals surface area contributed by atoms with E-state index in [4.69, 9.17) is 0 Å². The number of hydrogen-bond donors (Lipinski definition) is 1. The third kappa shape index (κ3) is 3.40. The number of hydrogen-bond acceptors (Lipinski definition) is 3. The SMILES string of the molecule is CC(C)CCN(C1CC1)S(=O)(=O)c1ccccc1CO. The first-order chi connectivity index (χ1) is 9.46. The fraction of sp³-hybridized carbons (Fsp3) is 0.600. The van der Waals surface area contributed by atoms with Gasteiger partial charge in [-0.25, -0.2) is 8.42 Å². The van der Waals surface area contributed by atoms with Crippen LogP contribution in [0.1, 0.15) is 38.7 Å². The minimum atomic E-state index is -3.50. The molecule has 0 aliphatic heterocycles. The van der Waals surface area contributed by atoms with Crippen molar-refractivity contribution in [1.82, 2.24) is 4.31 Å². The third-order valence-corrected chi connectivity index (χ3v) is 5.66. The Morgan fingerprint density at radius 2 is 1.95 bits per heavy atom. The largest absolute Gasteiger partial charge is 0.392 e. The van der Waals surface area contributed by atoms with Gasteiger partial charge in [0.25, 0.3) is 0 Å². The van der Waals surface area contributed by atoms with Gasteiger partial charge in [0.15, 0.2) is 0 Å². The lowest BCUT2D eigenvalue weighted by Gasteiger charge is -2.23. The van der Waals surface area contributed by atoms with Crippen LogP contribution in [0.15, 0.2) is 29.2 Å². The number of nitrogens with zero attached hydrogens (tertiary/aromatic N) is 1. The molecule has 0 aromatic heterocycles. The average molecular weight is 297 g/mol. The van der Waals surface area contributed by atoms with Crippen molar-refractivity contribution in [3.05, 3.63) is 29.8 Å². The lowest BCUT2D eigenvalue weighted by atomic mass is 10.1. The Balaban J connectivity index is 2.30. The summed E-state index contributed by atoms with van der Waals surface area (Å²) in [7, 11) is -3.50. The molecule has 0 bridgehead atoms. The van der Waals surface area contributed by atoms with Crippen LogP contribution in [0.4, 0.5) is 0 Å². The molecule has 1 saturated carbocycles. The summed E-state index contributed by atoms with van der Waals surface area (Å²) in [5.41, 5.74) is 0.475. The van der Waals surface area contributed by atoms with Gasteiger partial charge in [-0.2, -0.15) is 4.31 Å². The van der Waals surface area contributed by atoms with Gasteiger partial charge >= 0.3 is 0 Å². The topological polar surface area (TPSA) is 57.6 Å². The van der Waals surface area contributed by atoms with E-state index < -0.39 is 10.0 Å². The van der Waals surface area contributed by atoms with Gasteiger partial charge in [0.1, 0.15) is 0 Å². The summed E-state index contributed by atoms with van der Waals surface area (Å²) < 4.78 is 27.3. The summed E-state index contributed by atoms with van der Waals surface area (Å²) in [6.45, 7) is 4.50. The third-order valence-electron chi connectivity index (χ3n) is 3.61. The molecular formula is C15H23NO3S. The van der Waals surface area contributed by atoms with E-state index in [0.717, 1.165) is 19.3 Å². The molecule has 1 fully saturated rings. The van der Waals surface area contributed by atoms with E-state index in [1.165, 1.54) is 0 Å². The van der Waals surface area contributed by atoms with Crippen LogP contribution in [0.25, 0.3) is 0 Å². The molecule has 2 rings (SSSR count). The van der Waals surface area contributed by atoms with Crippen molar-refractivity contribution < 1.29 is 13.5 Å². The first-order valence-corrected chi connectivity index (χ1v) is 8.61. The summed E-state index contributed by atoms with van der Waals surface area (Å²) in [6, 6.07) is 6.86. The average Bonchev–Trinajstić information content (AvgIpc) is 3.23. The quantitative estimate of drug-likeness (QED) is 0.840. The van der Waals surface area contributed by atoms with Gasteiger partial charge < -0.3 is 5.11 Å². The maximum absolute atomic E-state index is 12.8. The standard InChI is InChI=1S/C15H23NO3S/c1-12(2)9-10-16(14-7-8-14)20(18,19)15-6-4-3-5-13(15)11-17/h3-6,12,14,17H,7-11H2,1-2H3. The summed E-state index contributed by atoms with van der Waals surface area (Å²) in [5.74, 6) is 0.472. The highest BCUT2D eigenvalue weighted by Gasteiger charge is 2.38. The maximum Gasteiger partial charge on any atom is 0.243 e. The number of sulfonamides is 1. The van der Waals surface area contributed by atoms with Crippen molar-refractivity contribution in [1.29, 1.82) is 0 Å². The van der Waals surface area contributed by atoms with E-state index in [0.29, 0.717) is 18.0 Å². The zero-order valence-corrected chi connectivity index (χ0v) is 12.9. The minimum absolute atomic E-state index is 0.144. The van der Waals surface area contributed by atoms with E-state index in [9.17, 15) is 13.5 Å². The predicted molar refractivity (Wildman–Crippen MR) is 78.7 cm³/mol. The molecule has 4 nitrogen and oxygen atoms in total. The van der Waals surface area contributed by atoms with E-state index >= 15 is 0 Å². The highest BCUT2D eigenvalue weighted by atomic mass is 32.2. The van der Waals surface area contributed by atoms with Gasteiger partial charge in [0.2, 0.25) is 10.0 Å². The Bertz CT molecular complexity index is 550. The Morgan fingerprint density at radius 3 is 2.50 bits per heavy atom. The Hall–Kier alpha value is -0.910. The van der Waals surface area contributed by atoms with Crippen LogP contribution in [-0.4, -0.2) is 30.4 Å². The second-order valence-corrected chi connectivity index (χ2v) is 7.65. The molecular weight excluding hydrogens is 274 g/mol. The minimum Gasteiger partial charge on any atom is -0.392 e. The molecule has 112 valence electrons. The highest BCUT2D eigenvalue weighted by molar-refractivity contribution is 7.89.